The van der Waals surface area contributed by atoms with Crippen molar-refractivity contribution >= 4 is 5.91 Å². The number of imidazole rings is 1. The molecule has 4 aromatic rings. The van der Waals surface area contributed by atoms with Crippen molar-refractivity contribution in [2.45, 2.75) is 13.1 Å². The lowest BCUT2D eigenvalue weighted by Crippen LogP contribution is -2.30. The van der Waals surface area contributed by atoms with E-state index in [1.54, 1.807) is 41.8 Å². The maximum Gasteiger partial charge on any atom is 0.256 e. The van der Waals surface area contributed by atoms with Crippen molar-refractivity contribution in [1.29, 1.82) is 0 Å². The first kappa shape index (κ1) is 17.7. The molecular formula is C23H20N4O. The van der Waals surface area contributed by atoms with Crippen molar-refractivity contribution < 1.29 is 4.79 Å². The van der Waals surface area contributed by atoms with Crippen LogP contribution in [-0.2, 0) is 13.1 Å². The maximum absolute atomic E-state index is 13.1. The van der Waals surface area contributed by atoms with Crippen LogP contribution in [0.5, 0.6) is 0 Å². The third-order valence-corrected chi connectivity index (χ3v) is 4.50. The molecule has 5 nitrogen and oxygen atoms in total. The number of carbonyl (C=O) groups excluding carboxylic acids is 1. The Morgan fingerprint density at radius 1 is 0.893 bits per heavy atom. The van der Waals surface area contributed by atoms with Crippen molar-refractivity contribution in [3.05, 3.63) is 108 Å². The van der Waals surface area contributed by atoms with Gasteiger partial charge in [-0.3, -0.25) is 9.78 Å². The van der Waals surface area contributed by atoms with Crippen LogP contribution in [0.4, 0.5) is 0 Å². The largest absolute Gasteiger partial charge is 0.347 e. The third kappa shape index (κ3) is 4.15. The quantitative estimate of drug-likeness (QED) is 0.551. The summed E-state index contributed by atoms with van der Waals surface area (Å²) in [5, 5.41) is 0. The fraction of sp³-hybridized carbons (Fsp3) is 0.0870. The number of aromatic nitrogens is 3. The van der Waals surface area contributed by atoms with Crippen LogP contribution in [0.2, 0.25) is 0 Å². The highest BCUT2D eigenvalue weighted by atomic mass is 16.2. The van der Waals surface area contributed by atoms with E-state index in [2.05, 4.69) is 39.2 Å². The number of hydrogen-bond donors (Lipinski definition) is 1. The summed E-state index contributed by atoms with van der Waals surface area (Å²) in [6, 6.07) is 22.1. The Morgan fingerprint density at radius 2 is 1.75 bits per heavy atom. The molecule has 138 valence electrons. The average Bonchev–Trinajstić information content (AvgIpc) is 3.27. The molecule has 5 heteroatoms. The first-order valence-corrected chi connectivity index (χ1v) is 9.11. The lowest BCUT2D eigenvalue weighted by atomic mass is 10.0. The third-order valence-electron chi connectivity index (χ3n) is 4.50. The van der Waals surface area contributed by atoms with Crippen LogP contribution in [0.1, 0.15) is 21.7 Å². The number of hydrogen-bond acceptors (Lipinski definition) is 3. The van der Waals surface area contributed by atoms with Gasteiger partial charge in [-0.2, -0.15) is 0 Å². The molecular weight excluding hydrogens is 348 g/mol. The van der Waals surface area contributed by atoms with Crippen LogP contribution in [0.25, 0.3) is 11.1 Å². The van der Waals surface area contributed by atoms with E-state index in [-0.39, 0.29) is 5.91 Å². The maximum atomic E-state index is 13.1. The molecule has 0 saturated heterocycles. The molecule has 0 unspecified atom stereocenters. The van der Waals surface area contributed by atoms with Crippen molar-refractivity contribution in [2.24, 2.45) is 0 Å². The predicted molar refractivity (Wildman–Crippen MR) is 108 cm³/mol. The molecule has 1 amide bonds. The van der Waals surface area contributed by atoms with Gasteiger partial charge < -0.3 is 9.88 Å². The Bertz CT molecular complexity index is 1030. The molecule has 2 aromatic heterocycles. The van der Waals surface area contributed by atoms with Gasteiger partial charge in [-0.15, -0.1) is 0 Å². The second-order valence-electron chi connectivity index (χ2n) is 6.51. The van der Waals surface area contributed by atoms with Gasteiger partial charge in [0.25, 0.3) is 5.91 Å². The summed E-state index contributed by atoms with van der Waals surface area (Å²) in [5.41, 5.74) is 3.91. The normalized spacial score (nSPS) is 10.6. The molecule has 1 N–H and O–H groups in total. The summed E-state index contributed by atoms with van der Waals surface area (Å²) in [5.74, 6) is 0.672. The van der Waals surface area contributed by atoms with Gasteiger partial charge in [-0.1, -0.05) is 48.5 Å². The fourth-order valence-electron chi connectivity index (χ4n) is 3.14. The van der Waals surface area contributed by atoms with Gasteiger partial charge in [0.1, 0.15) is 5.82 Å². The molecule has 0 fully saturated rings. The smallest absolute Gasteiger partial charge is 0.256 e. The van der Waals surface area contributed by atoms with Crippen molar-refractivity contribution in [3.8, 4) is 11.1 Å². The molecule has 0 saturated carbocycles. The highest BCUT2D eigenvalue weighted by molar-refractivity contribution is 5.93. The van der Waals surface area contributed by atoms with E-state index in [4.69, 9.17) is 0 Å². The van der Waals surface area contributed by atoms with Crippen molar-refractivity contribution in [1.82, 2.24) is 19.9 Å². The van der Waals surface area contributed by atoms with Crippen molar-refractivity contribution in [3.63, 3.8) is 0 Å². The molecule has 2 heterocycles. The van der Waals surface area contributed by atoms with Crippen LogP contribution in [0, 0.1) is 0 Å². The van der Waals surface area contributed by atoms with Gasteiger partial charge in [-0.05, 0) is 34.9 Å². The number of nitrogens with one attached hydrogen (secondary N) is 1. The minimum Gasteiger partial charge on any atom is -0.347 e. The summed E-state index contributed by atoms with van der Waals surface area (Å²) >= 11 is 0. The molecule has 0 aliphatic carbocycles. The standard InChI is InChI=1S/C23H20N4O/c28-23(21-10-5-11-24-15-21)27(17-22-25-12-13-26-22)16-18-6-4-9-20(14-18)19-7-2-1-3-8-19/h1-15H,16-17H2,(H,25,26). The van der Waals surface area contributed by atoms with E-state index in [0.29, 0.717) is 18.7 Å². The SMILES string of the molecule is O=C(c1cccnc1)N(Cc1cccc(-c2ccccc2)c1)Cc1ncc[nH]1. The molecule has 28 heavy (non-hydrogen) atoms. The van der Waals surface area contributed by atoms with Gasteiger partial charge in [0.15, 0.2) is 0 Å². The zero-order valence-corrected chi connectivity index (χ0v) is 15.3. The Hall–Kier alpha value is -3.73. The van der Waals surface area contributed by atoms with Gasteiger partial charge in [0.05, 0.1) is 12.1 Å². The van der Waals surface area contributed by atoms with E-state index in [1.807, 2.05) is 30.3 Å². The Balaban J connectivity index is 1.61. The minimum absolute atomic E-state index is 0.0744. The lowest BCUT2D eigenvalue weighted by molar-refractivity contribution is 0.0725. The highest BCUT2D eigenvalue weighted by Gasteiger charge is 2.18. The predicted octanol–water partition coefficient (Wildman–Crippen LogP) is 4.31. The first-order chi connectivity index (χ1) is 13.8. The second kappa shape index (κ2) is 8.31. The van der Waals surface area contributed by atoms with Crippen molar-refractivity contribution in [2.75, 3.05) is 0 Å². The monoisotopic (exact) mass is 368 g/mol. The summed E-state index contributed by atoms with van der Waals surface area (Å²) in [7, 11) is 0. The van der Waals surface area contributed by atoms with E-state index >= 15 is 0 Å². The molecule has 0 spiro atoms. The number of pyridine rings is 1. The molecule has 0 aliphatic rings. The number of nitrogens with zero attached hydrogens (tertiary/aromatic N) is 3. The van der Waals surface area contributed by atoms with E-state index in [9.17, 15) is 4.79 Å². The van der Waals surface area contributed by atoms with Gasteiger partial charge in [0.2, 0.25) is 0 Å². The number of amides is 1. The molecule has 4 rings (SSSR count). The second-order valence-corrected chi connectivity index (χ2v) is 6.51. The summed E-state index contributed by atoms with van der Waals surface area (Å²) in [6.07, 6.45) is 6.71. The fourth-order valence-corrected chi connectivity index (χ4v) is 3.14. The molecule has 2 aromatic carbocycles. The van der Waals surface area contributed by atoms with E-state index in [0.717, 1.165) is 22.5 Å². The Kier molecular flexibility index (Phi) is 5.24. The topological polar surface area (TPSA) is 61.9 Å². The summed E-state index contributed by atoms with van der Waals surface area (Å²) in [4.78, 5) is 26.3. The molecule has 0 bridgehead atoms. The average molecular weight is 368 g/mol. The number of H-pyrrole nitrogens is 1. The van der Waals surface area contributed by atoms with Gasteiger partial charge in [-0.25, -0.2) is 4.98 Å². The van der Waals surface area contributed by atoms with Gasteiger partial charge >= 0.3 is 0 Å². The molecule has 0 aliphatic heterocycles. The number of benzene rings is 2. The highest BCUT2D eigenvalue weighted by Crippen LogP contribution is 2.21. The van der Waals surface area contributed by atoms with Crippen LogP contribution < -0.4 is 0 Å². The number of rotatable bonds is 6. The van der Waals surface area contributed by atoms with Gasteiger partial charge in [0, 0.05) is 31.3 Å². The number of aromatic amines is 1. The van der Waals surface area contributed by atoms with Crippen LogP contribution >= 0.6 is 0 Å². The molecule has 0 radical (unpaired) electrons. The lowest BCUT2D eigenvalue weighted by Gasteiger charge is -2.22. The van der Waals surface area contributed by atoms with Crippen LogP contribution in [0.3, 0.4) is 0 Å². The zero-order valence-electron chi connectivity index (χ0n) is 15.3. The number of carbonyl (C=O) groups is 1. The summed E-state index contributed by atoms with van der Waals surface area (Å²) in [6.45, 7) is 0.880. The summed E-state index contributed by atoms with van der Waals surface area (Å²) < 4.78 is 0. The zero-order chi connectivity index (χ0) is 19.2. The Morgan fingerprint density at radius 3 is 2.50 bits per heavy atom. The molecule has 0 atom stereocenters. The van der Waals surface area contributed by atoms with Crippen LogP contribution in [-0.4, -0.2) is 25.8 Å². The van der Waals surface area contributed by atoms with E-state index < -0.39 is 0 Å². The first-order valence-electron chi connectivity index (χ1n) is 9.11. The van der Waals surface area contributed by atoms with Crippen LogP contribution in [0.15, 0.2) is 91.5 Å². The Labute approximate surface area is 163 Å². The minimum atomic E-state index is -0.0744. The van der Waals surface area contributed by atoms with E-state index in [1.165, 1.54) is 0 Å².